The second-order valence-electron chi connectivity index (χ2n) is 4.66. The van der Waals surface area contributed by atoms with Gasteiger partial charge < -0.3 is 9.84 Å². The molecule has 0 heterocycles. The SMILES string of the molecule is COC(C)CCC(O)CC1CCCC1. The van der Waals surface area contributed by atoms with Gasteiger partial charge in [-0.05, 0) is 32.1 Å². The van der Waals surface area contributed by atoms with Crippen molar-refractivity contribution in [1.82, 2.24) is 0 Å². The molecule has 2 heteroatoms. The van der Waals surface area contributed by atoms with Crippen LogP contribution in [0.3, 0.4) is 0 Å². The summed E-state index contributed by atoms with van der Waals surface area (Å²) in [7, 11) is 1.73. The van der Waals surface area contributed by atoms with E-state index in [2.05, 4.69) is 6.92 Å². The van der Waals surface area contributed by atoms with E-state index in [0.717, 1.165) is 25.2 Å². The van der Waals surface area contributed by atoms with Crippen LogP contribution in [0.2, 0.25) is 0 Å². The fourth-order valence-corrected chi connectivity index (χ4v) is 2.29. The van der Waals surface area contributed by atoms with Crippen LogP contribution in [0.15, 0.2) is 0 Å². The molecule has 0 radical (unpaired) electrons. The van der Waals surface area contributed by atoms with Gasteiger partial charge in [-0.25, -0.2) is 0 Å². The minimum Gasteiger partial charge on any atom is -0.393 e. The molecule has 0 bridgehead atoms. The van der Waals surface area contributed by atoms with E-state index < -0.39 is 0 Å². The van der Waals surface area contributed by atoms with Crippen molar-refractivity contribution in [3.63, 3.8) is 0 Å². The highest BCUT2D eigenvalue weighted by Crippen LogP contribution is 2.29. The summed E-state index contributed by atoms with van der Waals surface area (Å²) in [6.07, 6.45) is 8.46. The summed E-state index contributed by atoms with van der Waals surface area (Å²) < 4.78 is 5.16. The molecule has 2 unspecified atom stereocenters. The summed E-state index contributed by atoms with van der Waals surface area (Å²) in [5, 5.41) is 9.80. The van der Waals surface area contributed by atoms with Gasteiger partial charge in [-0.15, -0.1) is 0 Å². The molecule has 0 aromatic heterocycles. The predicted molar refractivity (Wildman–Crippen MR) is 58.3 cm³/mol. The highest BCUT2D eigenvalue weighted by Gasteiger charge is 2.18. The van der Waals surface area contributed by atoms with E-state index in [-0.39, 0.29) is 12.2 Å². The monoisotopic (exact) mass is 200 g/mol. The Morgan fingerprint density at radius 3 is 2.50 bits per heavy atom. The molecule has 0 aliphatic heterocycles. The maximum atomic E-state index is 9.80. The summed E-state index contributed by atoms with van der Waals surface area (Å²) in [5.74, 6) is 0.794. The normalized spacial score (nSPS) is 22.5. The Labute approximate surface area is 87.7 Å². The third-order valence-corrected chi connectivity index (χ3v) is 3.39. The first-order valence-corrected chi connectivity index (χ1v) is 5.93. The molecule has 0 amide bonds. The third-order valence-electron chi connectivity index (χ3n) is 3.39. The first-order valence-electron chi connectivity index (χ1n) is 5.93. The zero-order valence-corrected chi connectivity index (χ0v) is 9.54. The predicted octanol–water partition coefficient (Wildman–Crippen LogP) is 2.74. The Morgan fingerprint density at radius 2 is 1.93 bits per heavy atom. The quantitative estimate of drug-likeness (QED) is 0.714. The van der Waals surface area contributed by atoms with E-state index in [0.29, 0.717) is 0 Å². The number of hydrogen-bond donors (Lipinski definition) is 1. The molecule has 2 atom stereocenters. The highest BCUT2D eigenvalue weighted by molar-refractivity contribution is 4.71. The lowest BCUT2D eigenvalue weighted by Crippen LogP contribution is -2.15. The van der Waals surface area contributed by atoms with Crippen molar-refractivity contribution in [3.8, 4) is 0 Å². The maximum Gasteiger partial charge on any atom is 0.0544 e. The maximum absolute atomic E-state index is 9.80. The Kier molecular flexibility index (Phi) is 5.49. The van der Waals surface area contributed by atoms with Gasteiger partial charge >= 0.3 is 0 Å². The molecule has 0 spiro atoms. The van der Waals surface area contributed by atoms with Gasteiger partial charge in [-0.2, -0.15) is 0 Å². The summed E-state index contributed by atoms with van der Waals surface area (Å²) >= 11 is 0. The number of hydrogen-bond acceptors (Lipinski definition) is 2. The number of aliphatic hydroxyl groups is 1. The minimum absolute atomic E-state index is 0.101. The van der Waals surface area contributed by atoms with Crippen LogP contribution in [-0.4, -0.2) is 24.4 Å². The standard InChI is InChI=1S/C12H24O2/c1-10(14-2)7-8-12(13)9-11-5-3-4-6-11/h10-13H,3-9H2,1-2H3. The van der Waals surface area contributed by atoms with Crippen molar-refractivity contribution in [2.45, 2.75) is 64.1 Å². The zero-order chi connectivity index (χ0) is 10.4. The minimum atomic E-state index is -0.101. The van der Waals surface area contributed by atoms with Crippen molar-refractivity contribution in [2.75, 3.05) is 7.11 Å². The van der Waals surface area contributed by atoms with E-state index in [1.165, 1.54) is 25.7 Å². The van der Waals surface area contributed by atoms with E-state index in [4.69, 9.17) is 4.74 Å². The van der Waals surface area contributed by atoms with Gasteiger partial charge in [0, 0.05) is 7.11 Å². The molecule has 14 heavy (non-hydrogen) atoms. The lowest BCUT2D eigenvalue weighted by molar-refractivity contribution is 0.0767. The van der Waals surface area contributed by atoms with Crippen molar-refractivity contribution < 1.29 is 9.84 Å². The van der Waals surface area contributed by atoms with Crippen LogP contribution in [0.5, 0.6) is 0 Å². The molecule has 1 fully saturated rings. The van der Waals surface area contributed by atoms with Crippen LogP contribution in [0.4, 0.5) is 0 Å². The Morgan fingerprint density at radius 1 is 1.29 bits per heavy atom. The Balaban J connectivity index is 2.05. The van der Waals surface area contributed by atoms with E-state index in [9.17, 15) is 5.11 Å². The largest absolute Gasteiger partial charge is 0.393 e. The van der Waals surface area contributed by atoms with Crippen molar-refractivity contribution >= 4 is 0 Å². The molecule has 84 valence electrons. The number of ether oxygens (including phenoxy) is 1. The van der Waals surface area contributed by atoms with Crippen LogP contribution in [-0.2, 0) is 4.74 Å². The topological polar surface area (TPSA) is 29.5 Å². The number of methoxy groups -OCH3 is 1. The molecule has 1 rings (SSSR count). The summed E-state index contributed by atoms with van der Waals surface area (Å²) in [5.41, 5.74) is 0. The first kappa shape index (κ1) is 12.0. The van der Waals surface area contributed by atoms with Gasteiger partial charge in [0.15, 0.2) is 0 Å². The van der Waals surface area contributed by atoms with Crippen molar-refractivity contribution in [1.29, 1.82) is 0 Å². The second kappa shape index (κ2) is 6.41. The van der Waals surface area contributed by atoms with Gasteiger partial charge in [0.25, 0.3) is 0 Å². The van der Waals surface area contributed by atoms with E-state index >= 15 is 0 Å². The van der Waals surface area contributed by atoms with Gasteiger partial charge in [-0.1, -0.05) is 25.7 Å². The lowest BCUT2D eigenvalue weighted by Gasteiger charge is -2.17. The molecule has 0 aromatic carbocycles. The smallest absolute Gasteiger partial charge is 0.0544 e. The molecule has 0 saturated heterocycles. The number of rotatable bonds is 6. The van der Waals surface area contributed by atoms with E-state index in [1.807, 2.05) is 0 Å². The molecule has 1 saturated carbocycles. The highest BCUT2D eigenvalue weighted by atomic mass is 16.5. The molecule has 1 N–H and O–H groups in total. The Hall–Kier alpha value is -0.0800. The Bertz CT molecular complexity index is 141. The first-order chi connectivity index (χ1) is 6.72. The molecular weight excluding hydrogens is 176 g/mol. The molecule has 1 aliphatic rings. The average Bonchev–Trinajstić information content (AvgIpc) is 2.66. The summed E-state index contributed by atoms with van der Waals surface area (Å²) in [4.78, 5) is 0. The van der Waals surface area contributed by atoms with Crippen LogP contribution in [0.25, 0.3) is 0 Å². The number of aliphatic hydroxyl groups excluding tert-OH is 1. The van der Waals surface area contributed by atoms with E-state index in [1.54, 1.807) is 7.11 Å². The van der Waals surface area contributed by atoms with Crippen molar-refractivity contribution in [3.05, 3.63) is 0 Å². The second-order valence-corrected chi connectivity index (χ2v) is 4.66. The summed E-state index contributed by atoms with van der Waals surface area (Å²) in [6.45, 7) is 2.06. The molecule has 1 aliphatic carbocycles. The average molecular weight is 200 g/mol. The third kappa shape index (κ3) is 4.43. The van der Waals surface area contributed by atoms with Crippen molar-refractivity contribution in [2.24, 2.45) is 5.92 Å². The van der Waals surface area contributed by atoms with Gasteiger partial charge in [-0.3, -0.25) is 0 Å². The van der Waals surface area contributed by atoms with Crippen LogP contribution in [0, 0.1) is 5.92 Å². The summed E-state index contributed by atoms with van der Waals surface area (Å²) in [6, 6.07) is 0. The lowest BCUT2D eigenvalue weighted by atomic mass is 9.97. The van der Waals surface area contributed by atoms with Crippen LogP contribution >= 0.6 is 0 Å². The van der Waals surface area contributed by atoms with Gasteiger partial charge in [0.05, 0.1) is 12.2 Å². The molecule has 0 aromatic rings. The fraction of sp³-hybridized carbons (Fsp3) is 1.00. The zero-order valence-electron chi connectivity index (χ0n) is 9.54. The molecule has 2 nitrogen and oxygen atoms in total. The van der Waals surface area contributed by atoms with Gasteiger partial charge in [0.2, 0.25) is 0 Å². The van der Waals surface area contributed by atoms with Crippen LogP contribution < -0.4 is 0 Å². The van der Waals surface area contributed by atoms with Gasteiger partial charge in [0.1, 0.15) is 0 Å². The fourth-order valence-electron chi connectivity index (χ4n) is 2.29. The molecular formula is C12H24O2. The van der Waals surface area contributed by atoms with Crippen LogP contribution in [0.1, 0.15) is 51.9 Å².